The Labute approximate surface area is 85.5 Å². The first-order valence-electron chi connectivity index (χ1n) is 4.37. The van der Waals surface area contributed by atoms with Crippen LogP contribution in [0.5, 0.6) is 0 Å². The molecule has 0 radical (unpaired) electrons. The van der Waals surface area contributed by atoms with Crippen LogP contribution in [0.4, 0.5) is 0 Å². The van der Waals surface area contributed by atoms with Crippen molar-refractivity contribution in [3.8, 4) is 0 Å². The lowest BCUT2D eigenvalue weighted by Crippen LogP contribution is -2.41. The predicted octanol–water partition coefficient (Wildman–Crippen LogP) is -0.386. The highest BCUT2D eigenvalue weighted by atomic mass is 16.6. The molecule has 1 fully saturated rings. The van der Waals surface area contributed by atoms with E-state index in [4.69, 9.17) is 0 Å². The van der Waals surface area contributed by atoms with Crippen molar-refractivity contribution in [2.45, 2.75) is 13.0 Å². The molecule has 15 heavy (non-hydrogen) atoms. The largest absolute Gasteiger partial charge is 0.465 e. The molecular weight excluding hydrogens is 206 g/mol. The first-order valence-corrected chi connectivity index (χ1v) is 4.37. The van der Waals surface area contributed by atoms with Crippen LogP contribution in [0.3, 0.4) is 0 Å². The van der Waals surface area contributed by atoms with Crippen molar-refractivity contribution in [1.82, 2.24) is 0 Å². The molecular formula is C8H11NO6. The number of methoxy groups -OCH3 is 1. The van der Waals surface area contributed by atoms with Crippen molar-refractivity contribution in [2.24, 2.45) is 11.8 Å². The summed E-state index contributed by atoms with van der Waals surface area (Å²) in [7, 11) is 1.07. The average molecular weight is 217 g/mol. The van der Waals surface area contributed by atoms with E-state index >= 15 is 0 Å². The van der Waals surface area contributed by atoms with Gasteiger partial charge >= 0.3 is 18.0 Å². The molecule has 0 spiro atoms. The van der Waals surface area contributed by atoms with Crippen LogP contribution < -0.4 is 0 Å². The summed E-state index contributed by atoms with van der Waals surface area (Å²) in [6.07, 6.45) is 0. The van der Waals surface area contributed by atoms with Crippen molar-refractivity contribution < 1.29 is 24.0 Å². The van der Waals surface area contributed by atoms with Crippen LogP contribution >= 0.6 is 0 Å². The molecule has 0 aromatic rings. The minimum atomic E-state index is -1.53. The molecule has 0 bridgehead atoms. The second-order valence-corrected chi connectivity index (χ2v) is 3.34. The van der Waals surface area contributed by atoms with E-state index in [1.54, 1.807) is 0 Å². The average Bonchev–Trinajstić information content (AvgIpc) is 2.49. The molecule has 3 atom stereocenters. The summed E-state index contributed by atoms with van der Waals surface area (Å²) in [6.45, 7) is 1.39. The normalized spacial score (nSPS) is 26.9. The molecule has 1 rings (SSSR count). The summed E-state index contributed by atoms with van der Waals surface area (Å²) in [6, 6.07) is -1.53. The summed E-state index contributed by atoms with van der Waals surface area (Å²) in [4.78, 5) is 32.1. The molecule has 1 aliphatic heterocycles. The molecule has 0 N–H and O–H groups in total. The summed E-state index contributed by atoms with van der Waals surface area (Å²) >= 11 is 0. The second kappa shape index (κ2) is 4.24. The Morgan fingerprint density at radius 1 is 1.73 bits per heavy atom. The molecule has 84 valence electrons. The van der Waals surface area contributed by atoms with Crippen LogP contribution in [-0.2, 0) is 19.1 Å². The SMILES string of the molecule is COC(=O)C([C@H]1COC(=O)[C@@H]1C)[N+](=O)[O-]. The quantitative estimate of drug-likeness (QED) is 0.363. The number of cyclic esters (lactones) is 1. The van der Waals surface area contributed by atoms with Crippen LogP contribution in [0.15, 0.2) is 0 Å². The van der Waals surface area contributed by atoms with E-state index < -0.39 is 34.7 Å². The molecule has 0 aromatic heterocycles. The number of nitro groups is 1. The van der Waals surface area contributed by atoms with E-state index in [9.17, 15) is 19.7 Å². The number of nitrogens with zero attached hydrogens (tertiary/aromatic N) is 1. The molecule has 0 amide bonds. The highest BCUT2D eigenvalue weighted by molar-refractivity contribution is 5.79. The van der Waals surface area contributed by atoms with Gasteiger partial charge in [-0.25, -0.2) is 4.79 Å². The molecule has 1 saturated heterocycles. The molecule has 1 aliphatic rings. The molecule has 0 aromatic carbocycles. The van der Waals surface area contributed by atoms with E-state index in [1.165, 1.54) is 6.92 Å². The van der Waals surface area contributed by atoms with Gasteiger partial charge in [0.25, 0.3) is 0 Å². The maximum atomic E-state index is 11.2. The van der Waals surface area contributed by atoms with E-state index in [-0.39, 0.29) is 6.61 Å². The lowest BCUT2D eigenvalue weighted by atomic mass is 9.90. The number of ether oxygens (including phenoxy) is 2. The Morgan fingerprint density at radius 2 is 2.33 bits per heavy atom. The van der Waals surface area contributed by atoms with E-state index in [0.29, 0.717) is 0 Å². The highest BCUT2D eigenvalue weighted by Crippen LogP contribution is 2.26. The zero-order valence-electron chi connectivity index (χ0n) is 8.34. The van der Waals surface area contributed by atoms with Crippen molar-refractivity contribution >= 4 is 11.9 Å². The Kier molecular flexibility index (Phi) is 3.23. The van der Waals surface area contributed by atoms with Crippen LogP contribution in [0.2, 0.25) is 0 Å². The van der Waals surface area contributed by atoms with Gasteiger partial charge in [0, 0.05) is 4.92 Å². The number of hydrogen-bond donors (Lipinski definition) is 0. The van der Waals surface area contributed by atoms with E-state index in [1.807, 2.05) is 0 Å². The van der Waals surface area contributed by atoms with Gasteiger partial charge in [-0.2, -0.15) is 0 Å². The molecule has 0 aliphatic carbocycles. The molecule has 1 unspecified atom stereocenters. The fourth-order valence-corrected chi connectivity index (χ4v) is 1.53. The number of rotatable bonds is 3. The topological polar surface area (TPSA) is 95.7 Å². The maximum absolute atomic E-state index is 11.2. The third-order valence-electron chi connectivity index (χ3n) is 2.51. The van der Waals surface area contributed by atoms with Gasteiger partial charge in [-0.1, -0.05) is 6.92 Å². The summed E-state index contributed by atoms with van der Waals surface area (Å²) in [5, 5.41) is 10.7. The molecule has 1 heterocycles. The predicted molar refractivity (Wildman–Crippen MR) is 46.4 cm³/mol. The highest BCUT2D eigenvalue weighted by Gasteiger charge is 2.49. The lowest BCUT2D eigenvalue weighted by molar-refractivity contribution is -0.520. The zero-order chi connectivity index (χ0) is 11.6. The molecule has 0 saturated carbocycles. The van der Waals surface area contributed by atoms with Crippen LogP contribution in [0.25, 0.3) is 0 Å². The van der Waals surface area contributed by atoms with Gasteiger partial charge in [0.05, 0.1) is 18.9 Å². The third-order valence-corrected chi connectivity index (χ3v) is 2.51. The minimum absolute atomic E-state index is 0.110. The fourth-order valence-electron chi connectivity index (χ4n) is 1.53. The first-order chi connectivity index (χ1) is 6.99. The summed E-state index contributed by atoms with van der Waals surface area (Å²) < 4.78 is 8.97. The maximum Gasteiger partial charge on any atom is 0.381 e. The van der Waals surface area contributed by atoms with Crippen molar-refractivity contribution in [3.05, 3.63) is 10.1 Å². The monoisotopic (exact) mass is 217 g/mol. The Morgan fingerprint density at radius 3 is 2.67 bits per heavy atom. The first kappa shape index (κ1) is 11.4. The molecule has 7 nitrogen and oxygen atoms in total. The summed E-state index contributed by atoms with van der Waals surface area (Å²) in [5.74, 6) is -2.87. The Bertz CT molecular complexity index is 302. The lowest BCUT2D eigenvalue weighted by Gasteiger charge is -2.14. The summed E-state index contributed by atoms with van der Waals surface area (Å²) in [5.41, 5.74) is 0. The number of esters is 2. The van der Waals surface area contributed by atoms with Crippen LogP contribution in [-0.4, -0.2) is 36.6 Å². The Balaban J connectivity index is 2.86. The van der Waals surface area contributed by atoms with Gasteiger partial charge in [0.15, 0.2) is 0 Å². The number of carbonyl (C=O) groups is 2. The van der Waals surface area contributed by atoms with Gasteiger partial charge in [0.1, 0.15) is 6.61 Å². The van der Waals surface area contributed by atoms with Gasteiger partial charge in [-0.3, -0.25) is 14.9 Å². The van der Waals surface area contributed by atoms with Crippen LogP contribution in [0.1, 0.15) is 6.92 Å². The third kappa shape index (κ3) is 2.05. The van der Waals surface area contributed by atoms with E-state index in [0.717, 1.165) is 7.11 Å². The second-order valence-electron chi connectivity index (χ2n) is 3.34. The van der Waals surface area contributed by atoms with Crippen LogP contribution in [0, 0.1) is 22.0 Å². The van der Waals surface area contributed by atoms with Gasteiger partial charge in [0.2, 0.25) is 0 Å². The molecule has 7 heteroatoms. The Hall–Kier alpha value is -1.66. The van der Waals surface area contributed by atoms with Gasteiger partial charge < -0.3 is 9.47 Å². The van der Waals surface area contributed by atoms with E-state index in [2.05, 4.69) is 9.47 Å². The van der Waals surface area contributed by atoms with Gasteiger partial charge in [-0.05, 0) is 0 Å². The standard InChI is InChI=1S/C8H11NO6/c1-4-5(3-15-7(4)10)6(9(12)13)8(11)14-2/h4-6H,3H2,1-2H3/t4-,5+,6?/m1/s1. The van der Waals surface area contributed by atoms with Gasteiger partial charge in [-0.15, -0.1) is 0 Å². The van der Waals surface area contributed by atoms with Crippen molar-refractivity contribution in [2.75, 3.05) is 13.7 Å². The number of carbonyl (C=O) groups excluding carboxylic acids is 2. The smallest absolute Gasteiger partial charge is 0.381 e. The zero-order valence-corrected chi connectivity index (χ0v) is 8.34. The minimum Gasteiger partial charge on any atom is -0.465 e. The fraction of sp³-hybridized carbons (Fsp3) is 0.750. The number of hydrogen-bond acceptors (Lipinski definition) is 6. The van der Waals surface area contributed by atoms with Crippen molar-refractivity contribution in [3.63, 3.8) is 0 Å². The van der Waals surface area contributed by atoms with Crippen molar-refractivity contribution in [1.29, 1.82) is 0 Å².